The zero-order valence-corrected chi connectivity index (χ0v) is 13.9. The third kappa shape index (κ3) is 4.53. The summed E-state index contributed by atoms with van der Waals surface area (Å²) in [4.78, 5) is 13.1. The van der Waals surface area contributed by atoms with Crippen LogP contribution in [0.2, 0.25) is 0 Å². The third-order valence-electron chi connectivity index (χ3n) is 3.46. The van der Waals surface area contributed by atoms with Crippen LogP contribution in [0.3, 0.4) is 0 Å². The van der Waals surface area contributed by atoms with Gasteiger partial charge >= 0.3 is 0 Å². The number of nitrogens with one attached hydrogen (secondary N) is 1. The molecule has 0 bridgehead atoms. The lowest BCUT2D eigenvalue weighted by atomic mass is 10.0. The number of benzene rings is 2. The molecule has 0 aromatic heterocycles. The molecule has 0 aliphatic heterocycles. The molecule has 2 aromatic carbocycles. The van der Waals surface area contributed by atoms with Crippen LogP contribution < -0.4 is 10.1 Å². The summed E-state index contributed by atoms with van der Waals surface area (Å²) >= 11 is 1.52. The van der Waals surface area contributed by atoms with Gasteiger partial charge in [-0.25, -0.2) is 0 Å². The molecule has 0 aliphatic carbocycles. The summed E-state index contributed by atoms with van der Waals surface area (Å²) in [6, 6.07) is 15.9. The molecule has 1 amide bonds. The van der Waals surface area contributed by atoms with Crippen LogP contribution in [0, 0.1) is 6.92 Å². The molecule has 0 aliphatic rings. The zero-order valence-electron chi connectivity index (χ0n) is 13.1. The van der Waals surface area contributed by atoms with E-state index in [4.69, 9.17) is 4.74 Å². The molecule has 2 aromatic rings. The van der Waals surface area contributed by atoms with Gasteiger partial charge < -0.3 is 10.1 Å². The Morgan fingerprint density at radius 3 is 2.50 bits per heavy atom. The first-order chi connectivity index (χ1) is 10.6. The average Bonchev–Trinajstić information content (AvgIpc) is 2.53. The summed E-state index contributed by atoms with van der Waals surface area (Å²) < 4.78 is 5.12. The molecule has 0 fully saturated rings. The van der Waals surface area contributed by atoms with E-state index < -0.39 is 0 Å². The number of amides is 1. The number of ether oxygens (including phenoxy) is 1. The molecular formula is C18H21NO2S. The van der Waals surface area contributed by atoms with Crippen LogP contribution in [0.5, 0.6) is 5.75 Å². The maximum atomic E-state index is 12.1. The Balaban J connectivity index is 1.86. The van der Waals surface area contributed by atoms with Crippen LogP contribution in [0.1, 0.15) is 24.1 Å². The van der Waals surface area contributed by atoms with Gasteiger partial charge in [-0.05, 0) is 49.2 Å². The Morgan fingerprint density at radius 1 is 1.18 bits per heavy atom. The second-order valence-corrected chi connectivity index (χ2v) is 6.16. The van der Waals surface area contributed by atoms with Crippen LogP contribution in [-0.2, 0) is 4.79 Å². The minimum Gasteiger partial charge on any atom is -0.497 e. The minimum absolute atomic E-state index is 0.0187. The van der Waals surface area contributed by atoms with E-state index in [1.807, 2.05) is 43.3 Å². The Hall–Kier alpha value is -1.94. The van der Waals surface area contributed by atoms with Crippen molar-refractivity contribution in [1.29, 1.82) is 0 Å². The van der Waals surface area contributed by atoms with Gasteiger partial charge in [-0.1, -0.05) is 24.3 Å². The van der Waals surface area contributed by atoms with Gasteiger partial charge in [0.15, 0.2) is 0 Å². The first-order valence-electron chi connectivity index (χ1n) is 7.22. The quantitative estimate of drug-likeness (QED) is 0.820. The number of hydrogen-bond acceptors (Lipinski definition) is 3. The third-order valence-corrected chi connectivity index (χ3v) is 4.47. The van der Waals surface area contributed by atoms with Crippen LogP contribution >= 0.6 is 11.8 Å². The van der Waals surface area contributed by atoms with E-state index in [-0.39, 0.29) is 11.9 Å². The highest BCUT2D eigenvalue weighted by Crippen LogP contribution is 2.22. The van der Waals surface area contributed by atoms with Crippen molar-refractivity contribution in [1.82, 2.24) is 5.32 Å². The van der Waals surface area contributed by atoms with E-state index in [9.17, 15) is 4.79 Å². The lowest BCUT2D eigenvalue weighted by Crippen LogP contribution is -2.28. The lowest BCUT2D eigenvalue weighted by Gasteiger charge is -2.16. The predicted molar refractivity (Wildman–Crippen MR) is 91.5 cm³/mol. The van der Waals surface area contributed by atoms with Crippen molar-refractivity contribution < 1.29 is 9.53 Å². The Bertz CT molecular complexity index is 625. The highest BCUT2D eigenvalue weighted by atomic mass is 32.2. The van der Waals surface area contributed by atoms with E-state index in [1.54, 1.807) is 7.11 Å². The van der Waals surface area contributed by atoms with Gasteiger partial charge in [0.25, 0.3) is 0 Å². The number of thioether (sulfide) groups is 1. The fourth-order valence-corrected chi connectivity index (χ4v) is 2.96. The van der Waals surface area contributed by atoms with Crippen molar-refractivity contribution in [2.45, 2.75) is 24.8 Å². The first-order valence-corrected chi connectivity index (χ1v) is 8.20. The molecule has 0 spiro atoms. The molecule has 1 N–H and O–H groups in total. The molecule has 0 saturated heterocycles. The van der Waals surface area contributed by atoms with Gasteiger partial charge in [-0.3, -0.25) is 4.79 Å². The van der Waals surface area contributed by atoms with Crippen molar-refractivity contribution >= 4 is 17.7 Å². The summed E-state index contributed by atoms with van der Waals surface area (Å²) in [5.74, 6) is 1.27. The maximum Gasteiger partial charge on any atom is 0.230 e. The fraction of sp³-hybridized carbons (Fsp3) is 0.278. The number of carbonyl (C=O) groups is 1. The van der Waals surface area contributed by atoms with E-state index in [2.05, 4.69) is 24.4 Å². The van der Waals surface area contributed by atoms with Gasteiger partial charge in [0.1, 0.15) is 5.75 Å². The van der Waals surface area contributed by atoms with E-state index in [1.165, 1.54) is 17.3 Å². The highest BCUT2D eigenvalue weighted by Gasteiger charge is 2.11. The summed E-state index contributed by atoms with van der Waals surface area (Å²) in [6.45, 7) is 4.07. The van der Waals surface area contributed by atoms with Gasteiger partial charge in [0.2, 0.25) is 5.91 Å². The molecule has 3 nitrogen and oxygen atoms in total. The van der Waals surface area contributed by atoms with Crippen LogP contribution in [0.15, 0.2) is 53.4 Å². The maximum absolute atomic E-state index is 12.1. The number of aryl methyl sites for hydroxylation is 1. The van der Waals surface area contributed by atoms with Crippen molar-refractivity contribution in [3.05, 3.63) is 59.7 Å². The van der Waals surface area contributed by atoms with Crippen molar-refractivity contribution in [2.75, 3.05) is 12.9 Å². The molecule has 0 saturated carbocycles. The summed E-state index contributed by atoms with van der Waals surface area (Å²) in [7, 11) is 1.64. The SMILES string of the molecule is COc1ccc(SCC(=O)NC(C)c2ccccc2C)cc1. The van der Waals surface area contributed by atoms with Crippen LogP contribution in [0.25, 0.3) is 0 Å². The first kappa shape index (κ1) is 16.4. The topological polar surface area (TPSA) is 38.3 Å². The molecular weight excluding hydrogens is 294 g/mol. The average molecular weight is 315 g/mol. The lowest BCUT2D eigenvalue weighted by molar-refractivity contribution is -0.119. The van der Waals surface area contributed by atoms with Gasteiger partial charge in [0.05, 0.1) is 18.9 Å². The summed E-state index contributed by atoms with van der Waals surface area (Å²) in [5.41, 5.74) is 2.35. The van der Waals surface area contributed by atoms with Crippen molar-refractivity contribution in [3.63, 3.8) is 0 Å². The number of hydrogen-bond donors (Lipinski definition) is 1. The van der Waals surface area contributed by atoms with Crippen LogP contribution in [-0.4, -0.2) is 18.8 Å². The zero-order chi connectivity index (χ0) is 15.9. The number of rotatable bonds is 6. The smallest absolute Gasteiger partial charge is 0.230 e. The van der Waals surface area contributed by atoms with Crippen molar-refractivity contribution in [3.8, 4) is 5.75 Å². The second-order valence-electron chi connectivity index (χ2n) is 5.11. The molecule has 116 valence electrons. The molecule has 1 atom stereocenters. The number of methoxy groups -OCH3 is 1. The van der Waals surface area contributed by atoms with Gasteiger partial charge in [-0.2, -0.15) is 0 Å². The van der Waals surface area contributed by atoms with E-state index >= 15 is 0 Å². The highest BCUT2D eigenvalue weighted by molar-refractivity contribution is 8.00. The predicted octanol–water partition coefficient (Wildman–Crippen LogP) is 3.97. The Morgan fingerprint density at radius 2 is 1.86 bits per heavy atom. The molecule has 1 unspecified atom stereocenters. The molecule has 0 heterocycles. The summed E-state index contributed by atoms with van der Waals surface area (Å²) in [5, 5.41) is 3.05. The van der Waals surface area contributed by atoms with E-state index in [0.29, 0.717) is 5.75 Å². The monoisotopic (exact) mass is 315 g/mol. The minimum atomic E-state index is 0.0187. The van der Waals surface area contributed by atoms with Gasteiger partial charge in [-0.15, -0.1) is 11.8 Å². The largest absolute Gasteiger partial charge is 0.497 e. The molecule has 0 radical (unpaired) electrons. The van der Waals surface area contributed by atoms with Gasteiger partial charge in [0, 0.05) is 4.90 Å². The molecule has 22 heavy (non-hydrogen) atoms. The summed E-state index contributed by atoms with van der Waals surface area (Å²) in [6.07, 6.45) is 0. The van der Waals surface area contributed by atoms with Crippen LogP contribution in [0.4, 0.5) is 0 Å². The molecule has 2 rings (SSSR count). The van der Waals surface area contributed by atoms with Crippen molar-refractivity contribution in [2.24, 2.45) is 0 Å². The fourth-order valence-electron chi connectivity index (χ4n) is 2.25. The number of carbonyl (C=O) groups excluding carboxylic acids is 1. The molecule has 4 heteroatoms. The second kappa shape index (κ2) is 7.90. The Kier molecular flexibility index (Phi) is 5.90. The van der Waals surface area contributed by atoms with E-state index in [0.717, 1.165) is 16.2 Å². The Labute approximate surface area is 136 Å². The normalized spacial score (nSPS) is 11.8. The standard InChI is InChI=1S/C18H21NO2S/c1-13-6-4-5-7-17(13)14(2)19-18(20)12-22-16-10-8-15(21-3)9-11-16/h4-11,14H,12H2,1-3H3,(H,19,20).